The van der Waals surface area contributed by atoms with Crippen LogP contribution in [0.3, 0.4) is 0 Å². The highest BCUT2D eigenvalue weighted by Gasteiger charge is 2.06. The van der Waals surface area contributed by atoms with Crippen molar-refractivity contribution in [3.63, 3.8) is 0 Å². The zero-order valence-electron chi connectivity index (χ0n) is 11.2. The van der Waals surface area contributed by atoms with Gasteiger partial charge in [-0.15, -0.1) is 0 Å². The van der Waals surface area contributed by atoms with Crippen LogP contribution in [0.15, 0.2) is 40.9 Å². The number of hydrogen-bond acceptors (Lipinski definition) is 3. The molecule has 0 saturated carbocycles. The summed E-state index contributed by atoms with van der Waals surface area (Å²) in [4.78, 5) is 0. The molecule has 0 bridgehead atoms. The molecule has 0 heterocycles. The summed E-state index contributed by atoms with van der Waals surface area (Å²) in [6.07, 6.45) is 0. The van der Waals surface area contributed by atoms with Gasteiger partial charge in [-0.05, 0) is 27.6 Å². The lowest BCUT2D eigenvalue weighted by Crippen LogP contribution is -2.02. The third-order valence-electron chi connectivity index (χ3n) is 2.87. The fourth-order valence-electron chi connectivity index (χ4n) is 1.79. The molecule has 0 radical (unpaired) electrons. The summed E-state index contributed by atoms with van der Waals surface area (Å²) < 4.78 is 24.3. The first-order valence-electron chi connectivity index (χ1n) is 6.04. The molecule has 0 aliphatic heterocycles. The zero-order valence-corrected chi connectivity index (χ0v) is 12.8. The van der Waals surface area contributed by atoms with Gasteiger partial charge in [0.2, 0.25) is 0 Å². The summed E-state index contributed by atoms with van der Waals surface area (Å²) in [5.74, 6) is 1.13. The quantitative estimate of drug-likeness (QED) is 0.884. The van der Waals surface area contributed by atoms with Crippen LogP contribution < -0.4 is 14.8 Å². The maximum absolute atomic E-state index is 13.4. The Labute approximate surface area is 125 Å². The van der Waals surface area contributed by atoms with Gasteiger partial charge in [0.15, 0.2) is 0 Å². The van der Waals surface area contributed by atoms with Crippen molar-refractivity contribution in [2.75, 3.05) is 19.5 Å². The van der Waals surface area contributed by atoms with Crippen LogP contribution in [0.1, 0.15) is 5.56 Å². The molecule has 0 aliphatic rings. The van der Waals surface area contributed by atoms with E-state index in [1.165, 1.54) is 6.07 Å². The highest BCUT2D eigenvalue weighted by Crippen LogP contribution is 2.27. The number of nitrogens with one attached hydrogen (secondary N) is 1. The predicted octanol–water partition coefficient (Wildman–Crippen LogP) is 4.22. The van der Waals surface area contributed by atoms with Gasteiger partial charge in [0.25, 0.3) is 0 Å². The number of rotatable bonds is 5. The van der Waals surface area contributed by atoms with Crippen LogP contribution in [-0.4, -0.2) is 14.2 Å². The molecule has 2 rings (SSSR count). The van der Waals surface area contributed by atoms with Crippen molar-refractivity contribution in [1.82, 2.24) is 0 Å². The minimum absolute atomic E-state index is 0.271. The van der Waals surface area contributed by atoms with Gasteiger partial charge >= 0.3 is 0 Å². The lowest BCUT2D eigenvalue weighted by molar-refractivity contribution is 0.394. The average Bonchev–Trinajstić information content (AvgIpc) is 2.48. The Bertz CT molecular complexity index is 582. The van der Waals surface area contributed by atoms with Gasteiger partial charge in [-0.3, -0.25) is 0 Å². The number of benzene rings is 2. The summed E-state index contributed by atoms with van der Waals surface area (Å²) >= 11 is 3.25. The number of halogens is 2. The maximum atomic E-state index is 13.4. The molecule has 0 unspecified atom stereocenters. The van der Waals surface area contributed by atoms with E-state index in [1.54, 1.807) is 26.4 Å². The second kappa shape index (κ2) is 6.61. The molecule has 0 fully saturated rings. The SMILES string of the molecule is COc1cc(NCc2cccc(F)c2Br)cc(OC)c1. The Kier molecular flexibility index (Phi) is 4.84. The van der Waals surface area contributed by atoms with E-state index >= 15 is 0 Å². The van der Waals surface area contributed by atoms with E-state index in [4.69, 9.17) is 9.47 Å². The Hall–Kier alpha value is -1.75. The van der Waals surface area contributed by atoms with E-state index in [9.17, 15) is 4.39 Å². The fourth-order valence-corrected chi connectivity index (χ4v) is 2.20. The predicted molar refractivity (Wildman–Crippen MR) is 81.0 cm³/mol. The highest BCUT2D eigenvalue weighted by atomic mass is 79.9. The molecule has 1 N–H and O–H groups in total. The molecule has 0 saturated heterocycles. The molecule has 20 heavy (non-hydrogen) atoms. The van der Waals surface area contributed by atoms with Crippen LogP contribution in [0.4, 0.5) is 10.1 Å². The second-order valence-corrected chi connectivity index (χ2v) is 4.96. The highest BCUT2D eigenvalue weighted by molar-refractivity contribution is 9.10. The molecular formula is C15H15BrFNO2. The van der Waals surface area contributed by atoms with Crippen LogP contribution in [0, 0.1) is 5.82 Å². The van der Waals surface area contributed by atoms with Gasteiger partial charge in [-0.25, -0.2) is 4.39 Å². The molecule has 0 atom stereocenters. The van der Waals surface area contributed by atoms with Crippen LogP contribution in [0.5, 0.6) is 11.5 Å². The minimum Gasteiger partial charge on any atom is -0.497 e. The molecule has 5 heteroatoms. The molecule has 0 spiro atoms. The summed E-state index contributed by atoms with van der Waals surface area (Å²) in [7, 11) is 3.20. The Balaban J connectivity index is 2.16. The Morgan fingerprint density at radius 2 is 1.75 bits per heavy atom. The summed E-state index contributed by atoms with van der Waals surface area (Å²) in [5, 5.41) is 3.22. The third kappa shape index (κ3) is 3.42. The van der Waals surface area contributed by atoms with Crippen molar-refractivity contribution in [2.45, 2.75) is 6.54 Å². The second-order valence-electron chi connectivity index (χ2n) is 4.17. The molecular weight excluding hydrogens is 325 g/mol. The van der Waals surface area contributed by atoms with Gasteiger partial charge in [0, 0.05) is 30.4 Å². The van der Waals surface area contributed by atoms with Gasteiger partial charge in [0.05, 0.1) is 18.7 Å². The molecule has 2 aromatic carbocycles. The topological polar surface area (TPSA) is 30.5 Å². The van der Waals surface area contributed by atoms with Crippen LogP contribution in [0.2, 0.25) is 0 Å². The molecule has 2 aromatic rings. The van der Waals surface area contributed by atoms with Gasteiger partial charge in [0.1, 0.15) is 17.3 Å². The third-order valence-corrected chi connectivity index (χ3v) is 3.75. The van der Waals surface area contributed by atoms with E-state index < -0.39 is 0 Å². The van der Waals surface area contributed by atoms with E-state index in [1.807, 2.05) is 18.2 Å². The van der Waals surface area contributed by atoms with Crippen molar-refractivity contribution < 1.29 is 13.9 Å². The minimum atomic E-state index is -0.271. The Morgan fingerprint density at radius 1 is 1.10 bits per heavy atom. The van der Waals surface area contributed by atoms with Crippen molar-refractivity contribution in [2.24, 2.45) is 0 Å². The standard InChI is InChI=1S/C15H15BrFNO2/c1-19-12-6-11(7-13(8-12)20-2)18-9-10-4-3-5-14(17)15(10)16/h3-8,18H,9H2,1-2H3. The number of ether oxygens (including phenoxy) is 2. The molecule has 0 amide bonds. The van der Waals surface area contributed by atoms with Crippen molar-refractivity contribution in [3.8, 4) is 11.5 Å². The monoisotopic (exact) mass is 339 g/mol. The van der Waals surface area contributed by atoms with Crippen molar-refractivity contribution in [1.29, 1.82) is 0 Å². The van der Waals surface area contributed by atoms with E-state index in [2.05, 4.69) is 21.2 Å². The summed E-state index contributed by atoms with van der Waals surface area (Å²) in [6, 6.07) is 10.5. The fraction of sp³-hybridized carbons (Fsp3) is 0.200. The molecule has 3 nitrogen and oxygen atoms in total. The summed E-state index contributed by atoms with van der Waals surface area (Å²) in [6.45, 7) is 0.495. The lowest BCUT2D eigenvalue weighted by Gasteiger charge is -2.11. The summed E-state index contributed by atoms with van der Waals surface area (Å²) in [5.41, 5.74) is 1.68. The Morgan fingerprint density at radius 3 is 2.35 bits per heavy atom. The lowest BCUT2D eigenvalue weighted by atomic mass is 10.2. The van der Waals surface area contributed by atoms with Gasteiger partial charge in [-0.1, -0.05) is 12.1 Å². The van der Waals surface area contributed by atoms with Crippen LogP contribution in [0.25, 0.3) is 0 Å². The van der Waals surface area contributed by atoms with Crippen LogP contribution >= 0.6 is 15.9 Å². The first-order chi connectivity index (χ1) is 9.63. The zero-order chi connectivity index (χ0) is 14.5. The smallest absolute Gasteiger partial charge is 0.137 e. The first-order valence-corrected chi connectivity index (χ1v) is 6.83. The largest absolute Gasteiger partial charge is 0.497 e. The van der Waals surface area contributed by atoms with Gasteiger partial charge in [-0.2, -0.15) is 0 Å². The van der Waals surface area contributed by atoms with Crippen LogP contribution in [-0.2, 0) is 6.54 Å². The number of methoxy groups -OCH3 is 2. The van der Waals surface area contributed by atoms with Crippen molar-refractivity contribution in [3.05, 3.63) is 52.3 Å². The number of anilines is 1. The van der Waals surface area contributed by atoms with Crippen molar-refractivity contribution >= 4 is 21.6 Å². The van der Waals surface area contributed by atoms with E-state index in [0.717, 1.165) is 11.3 Å². The normalized spacial score (nSPS) is 10.2. The van der Waals surface area contributed by atoms with E-state index in [-0.39, 0.29) is 5.82 Å². The first kappa shape index (κ1) is 14.7. The average molecular weight is 340 g/mol. The number of hydrogen-bond donors (Lipinski definition) is 1. The van der Waals surface area contributed by atoms with E-state index in [0.29, 0.717) is 22.5 Å². The maximum Gasteiger partial charge on any atom is 0.137 e. The molecule has 0 aromatic heterocycles. The molecule has 0 aliphatic carbocycles. The van der Waals surface area contributed by atoms with Gasteiger partial charge < -0.3 is 14.8 Å². The molecule has 106 valence electrons.